The summed E-state index contributed by atoms with van der Waals surface area (Å²) in [7, 11) is 0. The van der Waals surface area contributed by atoms with E-state index in [1.807, 2.05) is 42.5 Å². The lowest BCUT2D eigenvalue weighted by Gasteiger charge is -2.18. The average molecular weight is 450 g/mol. The normalized spacial score (nSPS) is 13.5. The zero-order valence-electron chi connectivity index (χ0n) is 17.7. The van der Waals surface area contributed by atoms with E-state index in [4.69, 9.17) is 4.74 Å². The first-order chi connectivity index (χ1) is 15.6. The van der Waals surface area contributed by atoms with E-state index in [2.05, 4.69) is 4.98 Å². The van der Waals surface area contributed by atoms with E-state index in [1.165, 1.54) is 11.3 Å². The molecule has 1 saturated heterocycles. The Morgan fingerprint density at radius 3 is 2.66 bits per heavy atom. The molecule has 0 N–H and O–H groups in total. The minimum atomic E-state index is -0.178. The fourth-order valence-corrected chi connectivity index (χ4v) is 4.74. The second-order valence-electron chi connectivity index (χ2n) is 7.50. The van der Waals surface area contributed by atoms with Gasteiger partial charge >= 0.3 is 6.03 Å². The summed E-state index contributed by atoms with van der Waals surface area (Å²) >= 11 is 1.27. The Balaban J connectivity index is 1.43. The van der Waals surface area contributed by atoms with E-state index < -0.39 is 0 Å². The summed E-state index contributed by atoms with van der Waals surface area (Å²) < 4.78 is 5.01. The summed E-state index contributed by atoms with van der Waals surface area (Å²) in [6.07, 6.45) is 1.07. The first kappa shape index (κ1) is 21.7. The van der Waals surface area contributed by atoms with Crippen molar-refractivity contribution in [2.45, 2.75) is 26.3 Å². The third-order valence-corrected chi connectivity index (χ3v) is 6.58. The topological polar surface area (TPSA) is 79.8 Å². The predicted molar refractivity (Wildman–Crippen MR) is 122 cm³/mol. The molecule has 0 bridgehead atoms. The van der Waals surface area contributed by atoms with Crippen LogP contribution in [-0.4, -0.2) is 41.3 Å². The SMILES string of the molecule is Cc1nc(N2CCN(Cc3ccccc3OC=O)C2=O)sc1C(=O)CCc1ccccc1. The molecule has 0 aliphatic carbocycles. The lowest BCUT2D eigenvalue weighted by molar-refractivity contribution is -0.120. The molecule has 0 radical (unpaired) electrons. The van der Waals surface area contributed by atoms with Crippen LogP contribution in [0.4, 0.5) is 9.93 Å². The molecule has 2 amide bonds. The number of anilines is 1. The average Bonchev–Trinajstić information content (AvgIpc) is 3.36. The molecule has 32 heavy (non-hydrogen) atoms. The lowest BCUT2D eigenvalue weighted by atomic mass is 10.1. The Morgan fingerprint density at radius 2 is 1.88 bits per heavy atom. The van der Waals surface area contributed by atoms with Gasteiger partial charge in [0.25, 0.3) is 6.47 Å². The fraction of sp³-hybridized carbons (Fsp3) is 0.250. The molecule has 1 aliphatic heterocycles. The van der Waals surface area contributed by atoms with Crippen molar-refractivity contribution in [1.82, 2.24) is 9.88 Å². The minimum Gasteiger partial charge on any atom is -0.428 e. The van der Waals surface area contributed by atoms with Gasteiger partial charge in [-0.3, -0.25) is 14.5 Å². The van der Waals surface area contributed by atoms with Gasteiger partial charge in [0.15, 0.2) is 10.9 Å². The highest BCUT2D eigenvalue weighted by Gasteiger charge is 2.33. The number of para-hydroxylation sites is 1. The summed E-state index contributed by atoms with van der Waals surface area (Å²) in [6.45, 7) is 3.52. The Kier molecular flexibility index (Phi) is 6.61. The number of urea groups is 1. The van der Waals surface area contributed by atoms with Crippen LogP contribution in [0.3, 0.4) is 0 Å². The molecule has 7 nitrogen and oxygen atoms in total. The van der Waals surface area contributed by atoms with E-state index in [0.717, 1.165) is 11.1 Å². The number of benzene rings is 2. The van der Waals surface area contributed by atoms with Gasteiger partial charge in [-0.15, -0.1) is 0 Å². The quantitative estimate of drug-likeness (QED) is 0.361. The Bertz CT molecular complexity index is 1130. The van der Waals surface area contributed by atoms with Crippen LogP contribution < -0.4 is 9.64 Å². The summed E-state index contributed by atoms with van der Waals surface area (Å²) in [6, 6.07) is 16.8. The van der Waals surface area contributed by atoms with Gasteiger partial charge in [0.05, 0.1) is 17.1 Å². The highest BCUT2D eigenvalue weighted by Crippen LogP contribution is 2.31. The second kappa shape index (κ2) is 9.74. The third-order valence-electron chi connectivity index (χ3n) is 5.36. The van der Waals surface area contributed by atoms with E-state index in [0.29, 0.717) is 60.4 Å². The van der Waals surface area contributed by atoms with E-state index in [-0.39, 0.29) is 11.8 Å². The number of ether oxygens (including phenoxy) is 1. The molecule has 4 rings (SSSR count). The zero-order chi connectivity index (χ0) is 22.5. The van der Waals surface area contributed by atoms with E-state index in [9.17, 15) is 14.4 Å². The molecule has 1 aromatic heterocycles. The van der Waals surface area contributed by atoms with Crippen molar-refractivity contribution in [2.75, 3.05) is 18.0 Å². The van der Waals surface area contributed by atoms with Gasteiger partial charge in [0.2, 0.25) is 0 Å². The molecule has 1 fully saturated rings. The molecule has 0 spiro atoms. The van der Waals surface area contributed by atoms with Crippen LogP contribution in [0, 0.1) is 6.92 Å². The van der Waals surface area contributed by atoms with Gasteiger partial charge in [0, 0.05) is 25.1 Å². The van der Waals surface area contributed by atoms with Gasteiger partial charge in [-0.2, -0.15) is 0 Å². The molecule has 0 atom stereocenters. The first-order valence-corrected chi connectivity index (χ1v) is 11.2. The predicted octanol–water partition coefficient (Wildman–Crippen LogP) is 4.24. The summed E-state index contributed by atoms with van der Waals surface area (Å²) in [5.41, 5.74) is 2.52. The standard InChI is InChI=1S/C24H23N3O4S/c1-17-22(20(29)12-11-18-7-3-2-4-8-18)32-23(25-17)27-14-13-26(24(27)30)15-19-9-5-6-10-21(19)31-16-28/h2-10,16H,11-15H2,1H3. The molecule has 2 aromatic carbocycles. The van der Waals surface area contributed by atoms with Crippen LogP contribution in [0.5, 0.6) is 5.75 Å². The number of nitrogens with zero attached hydrogens (tertiary/aromatic N) is 3. The van der Waals surface area contributed by atoms with Gasteiger partial charge < -0.3 is 9.64 Å². The van der Waals surface area contributed by atoms with E-state index in [1.54, 1.807) is 28.9 Å². The smallest absolute Gasteiger partial charge is 0.326 e. The number of amides is 2. The van der Waals surface area contributed by atoms with Crippen molar-refractivity contribution in [3.8, 4) is 5.75 Å². The molecule has 1 aliphatic rings. The number of Topliss-reactive ketones (excluding diaryl/α,β-unsaturated/α-hetero) is 1. The van der Waals surface area contributed by atoms with E-state index >= 15 is 0 Å². The van der Waals surface area contributed by atoms with Crippen molar-refractivity contribution in [3.63, 3.8) is 0 Å². The van der Waals surface area contributed by atoms with Crippen molar-refractivity contribution in [3.05, 3.63) is 76.3 Å². The minimum absolute atomic E-state index is 0.0403. The van der Waals surface area contributed by atoms with Crippen LogP contribution in [0.2, 0.25) is 0 Å². The molecule has 0 unspecified atom stereocenters. The maximum absolute atomic E-state index is 13.0. The first-order valence-electron chi connectivity index (χ1n) is 10.4. The summed E-state index contributed by atoms with van der Waals surface area (Å²) in [4.78, 5) is 44.9. The number of aromatic nitrogens is 1. The van der Waals surface area contributed by atoms with Crippen molar-refractivity contribution >= 4 is 34.8 Å². The number of rotatable bonds is 9. The maximum atomic E-state index is 13.0. The van der Waals surface area contributed by atoms with Crippen LogP contribution in [0.15, 0.2) is 54.6 Å². The number of hydrogen-bond acceptors (Lipinski definition) is 6. The number of ketones is 1. The molecule has 0 saturated carbocycles. The third kappa shape index (κ3) is 4.70. The Hall–Kier alpha value is -3.52. The largest absolute Gasteiger partial charge is 0.428 e. The molecular formula is C24H23N3O4S. The van der Waals surface area contributed by atoms with Crippen molar-refractivity contribution in [1.29, 1.82) is 0 Å². The van der Waals surface area contributed by atoms with Crippen molar-refractivity contribution in [2.24, 2.45) is 0 Å². The molecule has 3 aromatic rings. The highest BCUT2D eigenvalue weighted by atomic mass is 32.1. The van der Waals surface area contributed by atoms with Crippen molar-refractivity contribution < 1.29 is 19.1 Å². The maximum Gasteiger partial charge on any atom is 0.326 e. The number of carbonyl (C=O) groups excluding carboxylic acids is 3. The van der Waals surface area contributed by atoms with Crippen LogP contribution in [-0.2, 0) is 17.8 Å². The Labute approximate surface area is 190 Å². The molecule has 8 heteroatoms. The number of thiazole rings is 1. The number of hydrogen-bond donors (Lipinski definition) is 0. The molecule has 164 valence electrons. The zero-order valence-corrected chi connectivity index (χ0v) is 18.5. The summed E-state index contributed by atoms with van der Waals surface area (Å²) in [5.74, 6) is 0.476. The fourth-order valence-electron chi connectivity index (χ4n) is 3.69. The van der Waals surface area contributed by atoms with Crippen LogP contribution in [0.25, 0.3) is 0 Å². The second-order valence-corrected chi connectivity index (χ2v) is 8.47. The van der Waals surface area contributed by atoms with Gasteiger partial charge in [-0.25, -0.2) is 9.78 Å². The van der Waals surface area contributed by atoms with Gasteiger partial charge in [-0.1, -0.05) is 59.9 Å². The highest BCUT2D eigenvalue weighted by molar-refractivity contribution is 7.17. The lowest BCUT2D eigenvalue weighted by Crippen LogP contribution is -2.31. The van der Waals surface area contributed by atoms with Crippen LogP contribution in [0.1, 0.15) is 32.9 Å². The van der Waals surface area contributed by atoms with Crippen LogP contribution >= 0.6 is 11.3 Å². The molecule has 2 heterocycles. The number of aryl methyl sites for hydroxylation is 2. The monoisotopic (exact) mass is 449 g/mol. The number of carbonyl (C=O) groups is 3. The van der Waals surface area contributed by atoms with Gasteiger partial charge in [-0.05, 0) is 25.0 Å². The summed E-state index contributed by atoms with van der Waals surface area (Å²) in [5, 5.41) is 0.537. The molecular weight excluding hydrogens is 426 g/mol. The van der Waals surface area contributed by atoms with Gasteiger partial charge in [0.1, 0.15) is 5.75 Å². The Morgan fingerprint density at radius 1 is 1.12 bits per heavy atom.